The monoisotopic (exact) mass is 370 g/mol. The molecule has 0 radical (unpaired) electrons. The lowest BCUT2D eigenvalue weighted by molar-refractivity contribution is 0.157. The van der Waals surface area contributed by atoms with Gasteiger partial charge < -0.3 is 10.4 Å². The summed E-state index contributed by atoms with van der Waals surface area (Å²) in [5, 5.41) is 13.9. The van der Waals surface area contributed by atoms with E-state index in [4.69, 9.17) is 11.6 Å². The lowest BCUT2D eigenvalue weighted by Gasteiger charge is -2.36. The third kappa shape index (κ3) is 4.39. The van der Waals surface area contributed by atoms with E-state index in [9.17, 15) is 9.50 Å². The van der Waals surface area contributed by atoms with E-state index in [1.165, 1.54) is 18.9 Å². The Morgan fingerprint density at radius 2 is 1.91 bits per heavy atom. The molecule has 3 nitrogen and oxygen atoms in total. The van der Waals surface area contributed by atoms with Gasteiger partial charge in [0, 0.05) is 42.8 Å². The van der Waals surface area contributed by atoms with Crippen LogP contribution >= 0.6 is 36.4 Å². The largest absolute Gasteiger partial charge is 0.505 e. The number of phenols is 1. The molecule has 1 aromatic carbocycles. The molecule has 1 heterocycles. The van der Waals surface area contributed by atoms with Crippen LogP contribution in [0, 0.1) is 11.7 Å². The standard InChI is InChI=1S/C15H20ClFN2O.2ClH/c16-11-3-4-12(17)15(20)14(11)13(9-10-1-2-10)19-7-5-18-6-8-19;;/h3-4,10,13,18,20H,1-2,5-9H2;2*1H/t13-;;/m1../s1. The van der Waals surface area contributed by atoms with Gasteiger partial charge in [-0.05, 0) is 24.5 Å². The molecule has 1 aliphatic carbocycles. The summed E-state index contributed by atoms with van der Waals surface area (Å²) in [6.45, 7) is 3.66. The van der Waals surface area contributed by atoms with Crippen LogP contribution in [0.1, 0.15) is 30.9 Å². The van der Waals surface area contributed by atoms with Gasteiger partial charge in [0.25, 0.3) is 0 Å². The van der Waals surface area contributed by atoms with Gasteiger partial charge in [0.1, 0.15) is 0 Å². The highest BCUT2D eigenvalue weighted by atomic mass is 35.5. The van der Waals surface area contributed by atoms with E-state index in [1.807, 2.05) is 0 Å². The second kappa shape index (κ2) is 8.55. The lowest BCUT2D eigenvalue weighted by Crippen LogP contribution is -2.45. The molecule has 2 N–H and O–H groups in total. The molecule has 22 heavy (non-hydrogen) atoms. The Hall–Kier alpha value is -0.260. The van der Waals surface area contributed by atoms with Crippen LogP contribution in [0.5, 0.6) is 5.75 Å². The Labute approximate surface area is 148 Å². The van der Waals surface area contributed by atoms with E-state index >= 15 is 0 Å². The first-order valence-corrected chi connectivity index (χ1v) is 7.66. The third-order valence-electron chi connectivity index (χ3n) is 4.29. The highest BCUT2D eigenvalue weighted by molar-refractivity contribution is 6.31. The predicted octanol–water partition coefficient (Wildman–Crippen LogP) is 3.77. The van der Waals surface area contributed by atoms with Crippen LogP contribution in [0.2, 0.25) is 5.02 Å². The number of aromatic hydroxyl groups is 1. The van der Waals surface area contributed by atoms with Crippen LogP contribution in [0.15, 0.2) is 12.1 Å². The topological polar surface area (TPSA) is 35.5 Å². The fourth-order valence-corrected chi connectivity index (χ4v) is 3.26. The van der Waals surface area contributed by atoms with Crippen LogP contribution in [0.3, 0.4) is 0 Å². The average Bonchev–Trinajstić information content (AvgIpc) is 3.27. The molecule has 1 atom stereocenters. The molecule has 7 heteroatoms. The van der Waals surface area contributed by atoms with Gasteiger partial charge in [0.15, 0.2) is 11.6 Å². The maximum Gasteiger partial charge on any atom is 0.165 e. The number of hydrogen-bond acceptors (Lipinski definition) is 3. The highest BCUT2D eigenvalue weighted by Gasteiger charge is 2.33. The summed E-state index contributed by atoms with van der Waals surface area (Å²) in [5.41, 5.74) is 0.570. The van der Waals surface area contributed by atoms with E-state index in [2.05, 4.69) is 10.2 Å². The van der Waals surface area contributed by atoms with Crippen molar-refractivity contribution in [3.8, 4) is 5.75 Å². The quantitative estimate of drug-likeness (QED) is 0.845. The summed E-state index contributed by atoms with van der Waals surface area (Å²) in [6, 6.07) is 2.80. The molecule has 0 bridgehead atoms. The predicted molar refractivity (Wildman–Crippen MR) is 92.1 cm³/mol. The number of rotatable bonds is 4. The molecule has 0 aromatic heterocycles. The fraction of sp³-hybridized carbons (Fsp3) is 0.600. The average molecular weight is 372 g/mol. The van der Waals surface area contributed by atoms with Crippen LogP contribution in [0.4, 0.5) is 4.39 Å². The van der Waals surface area contributed by atoms with Crippen LogP contribution in [-0.4, -0.2) is 36.2 Å². The summed E-state index contributed by atoms with van der Waals surface area (Å²) in [6.07, 6.45) is 3.42. The van der Waals surface area contributed by atoms with Gasteiger partial charge in [-0.3, -0.25) is 4.90 Å². The van der Waals surface area contributed by atoms with Crippen molar-refractivity contribution in [1.29, 1.82) is 0 Å². The summed E-state index contributed by atoms with van der Waals surface area (Å²) in [4.78, 5) is 2.31. The summed E-state index contributed by atoms with van der Waals surface area (Å²) < 4.78 is 13.7. The summed E-state index contributed by atoms with van der Waals surface area (Å²) >= 11 is 6.25. The number of phenolic OH excluding ortho intramolecular Hbond substituents is 1. The molecule has 1 aromatic rings. The van der Waals surface area contributed by atoms with Gasteiger partial charge in [-0.1, -0.05) is 24.4 Å². The normalized spacial score (nSPS) is 19.9. The minimum absolute atomic E-state index is 0. The van der Waals surface area contributed by atoms with Crippen LogP contribution < -0.4 is 5.32 Å². The lowest BCUT2D eigenvalue weighted by atomic mass is 9.97. The zero-order valence-electron chi connectivity index (χ0n) is 12.2. The first-order valence-electron chi connectivity index (χ1n) is 7.28. The van der Waals surface area contributed by atoms with Crippen molar-refractivity contribution in [2.75, 3.05) is 26.2 Å². The Kier molecular flexibility index (Phi) is 7.69. The summed E-state index contributed by atoms with van der Waals surface area (Å²) in [7, 11) is 0. The van der Waals surface area contributed by atoms with Crippen molar-refractivity contribution in [1.82, 2.24) is 10.2 Å². The number of nitrogens with zero attached hydrogens (tertiary/aromatic N) is 1. The minimum atomic E-state index is -0.583. The molecule has 2 aliphatic rings. The molecule has 1 saturated carbocycles. The maximum atomic E-state index is 13.7. The maximum absolute atomic E-state index is 13.7. The number of halogens is 4. The van der Waals surface area contributed by atoms with Gasteiger partial charge in [0.05, 0.1) is 0 Å². The zero-order chi connectivity index (χ0) is 14.1. The van der Waals surface area contributed by atoms with Crippen LogP contribution in [0.25, 0.3) is 0 Å². The minimum Gasteiger partial charge on any atom is -0.505 e. The number of piperazine rings is 1. The van der Waals surface area contributed by atoms with Gasteiger partial charge in [0.2, 0.25) is 0 Å². The summed E-state index contributed by atoms with van der Waals surface area (Å²) in [5.74, 6) is -0.171. The van der Waals surface area contributed by atoms with Crippen molar-refractivity contribution in [2.24, 2.45) is 5.92 Å². The molecule has 3 rings (SSSR count). The molecule has 0 spiro atoms. The molecule has 1 aliphatic heterocycles. The second-order valence-electron chi connectivity index (χ2n) is 5.77. The van der Waals surface area contributed by atoms with E-state index in [-0.39, 0.29) is 36.6 Å². The molecule has 0 unspecified atom stereocenters. The van der Waals surface area contributed by atoms with E-state index in [0.717, 1.165) is 32.6 Å². The van der Waals surface area contributed by atoms with Crippen molar-refractivity contribution in [3.05, 3.63) is 28.5 Å². The van der Waals surface area contributed by atoms with E-state index in [1.54, 1.807) is 6.07 Å². The smallest absolute Gasteiger partial charge is 0.165 e. The second-order valence-corrected chi connectivity index (χ2v) is 6.18. The van der Waals surface area contributed by atoms with Crippen molar-refractivity contribution in [2.45, 2.75) is 25.3 Å². The Morgan fingerprint density at radius 3 is 2.50 bits per heavy atom. The molecule has 2 fully saturated rings. The van der Waals surface area contributed by atoms with Crippen LogP contribution in [-0.2, 0) is 0 Å². The fourth-order valence-electron chi connectivity index (χ4n) is 2.99. The van der Waals surface area contributed by atoms with Crippen molar-refractivity contribution >= 4 is 36.4 Å². The van der Waals surface area contributed by atoms with E-state index < -0.39 is 5.82 Å². The van der Waals surface area contributed by atoms with E-state index in [0.29, 0.717) is 16.5 Å². The Morgan fingerprint density at radius 1 is 1.27 bits per heavy atom. The SMILES string of the molecule is Cl.Cl.Oc1c(F)ccc(Cl)c1[C@@H](CC1CC1)N1CCNCC1. The molecular formula is C15H22Cl3FN2O. The third-order valence-corrected chi connectivity index (χ3v) is 4.62. The van der Waals surface area contributed by atoms with Crippen molar-refractivity contribution < 1.29 is 9.50 Å². The first kappa shape index (κ1) is 19.8. The van der Waals surface area contributed by atoms with Gasteiger partial charge >= 0.3 is 0 Å². The van der Waals surface area contributed by atoms with Gasteiger partial charge in [-0.25, -0.2) is 4.39 Å². The number of benzene rings is 1. The molecular weight excluding hydrogens is 350 g/mol. The zero-order valence-corrected chi connectivity index (χ0v) is 14.6. The number of nitrogens with one attached hydrogen (secondary N) is 1. The van der Waals surface area contributed by atoms with Gasteiger partial charge in [-0.2, -0.15) is 0 Å². The number of hydrogen-bond donors (Lipinski definition) is 2. The van der Waals surface area contributed by atoms with Gasteiger partial charge in [-0.15, -0.1) is 24.8 Å². The molecule has 1 saturated heterocycles. The first-order chi connectivity index (χ1) is 9.66. The molecule has 126 valence electrons. The Balaban J connectivity index is 0.00000121. The molecule has 0 amide bonds. The van der Waals surface area contributed by atoms with Crippen molar-refractivity contribution in [3.63, 3.8) is 0 Å². The highest BCUT2D eigenvalue weighted by Crippen LogP contribution is 2.45. The Bertz CT molecular complexity index is 494.